The molecule has 0 amide bonds. The average molecular weight is 475 g/mol. The Morgan fingerprint density at radius 3 is 2.38 bits per heavy atom. The quantitative estimate of drug-likeness (QED) is 0.330. The van der Waals surface area contributed by atoms with Crippen LogP contribution in [0.4, 0.5) is 0 Å². The lowest BCUT2D eigenvalue weighted by atomic mass is 9.98. The van der Waals surface area contributed by atoms with Gasteiger partial charge in [0.15, 0.2) is 0 Å². The number of carbonyl (C=O) groups excluding carboxylic acids is 1. The molecule has 2 aliphatic rings. The smallest absolute Gasteiger partial charge is 0.310 e. The van der Waals surface area contributed by atoms with Crippen molar-refractivity contribution >= 4 is 34.9 Å². The fourth-order valence-electron chi connectivity index (χ4n) is 4.48. The Labute approximate surface area is 199 Å². The first-order chi connectivity index (χ1) is 15.5. The van der Waals surface area contributed by atoms with Crippen LogP contribution in [-0.4, -0.2) is 49.4 Å². The molecule has 7 heteroatoms. The van der Waals surface area contributed by atoms with Gasteiger partial charge >= 0.3 is 5.97 Å². The van der Waals surface area contributed by atoms with Gasteiger partial charge in [-0.1, -0.05) is 40.5 Å². The average Bonchev–Trinajstić information content (AvgIpc) is 2.93. The van der Waals surface area contributed by atoms with Crippen LogP contribution in [0.5, 0.6) is 0 Å². The molecule has 32 heavy (non-hydrogen) atoms. The second kappa shape index (κ2) is 10.7. The fourth-order valence-corrected chi connectivity index (χ4v) is 4.82. The number of nitrogens with zero attached hydrogens (tertiary/aromatic N) is 2. The Balaban J connectivity index is 1.48. The topological polar surface area (TPSA) is 51.1 Å². The first-order valence-corrected chi connectivity index (χ1v) is 12.0. The number of benzene rings is 2. The van der Waals surface area contributed by atoms with Crippen LogP contribution < -0.4 is 0 Å². The molecule has 5 nitrogen and oxygen atoms in total. The highest BCUT2D eigenvalue weighted by atomic mass is 35.5. The predicted octanol–water partition coefficient (Wildman–Crippen LogP) is 5.14. The van der Waals surface area contributed by atoms with Crippen molar-refractivity contribution in [2.75, 3.05) is 32.8 Å². The maximum absolute atomic E-state index is 12.1. The van der Waals surface area contributed by atoms with Crippen LogP contribution in [0.1, 0.15) is 42.0 Å². The monoisotopic (exact) mass is 474 g/mol. The van der Waals surface area contributed by atoms with Crippen molar-refractivity contribution in [2.24, 2.45) is 11.1 Å². The zero-order valence-corrected chi connectivity index (χ0v) is 19.8. The summed E-state index contributed by atoms with van der Waals surface area (Å²) in [6.07, 6.45) is 3.68. The van der Waals surface area contributed by atoms with Gasteiger partial charge in [-0.05, 0) is 74.5 Å². The van der Waals surface area contributed by atoms with Gasteiger partial charge in [0, 0.05) is 34.3 Å². The molecular weight excluding hydrogens is 447 g/mol. The van der Waals surface area contributed by atoms with E-state index in [1.165, 1.54) is 11.1 Å². The number of fused-ring (bicyclic) bond motifs is 2. The van der Waals surface area contributed by atoms with Crippen LogP contribution in [0.15, 0.2) is 41.6 Å². The largest absolute Gasteiger partial charge is 0.466 e. The third kappa shape index (κ3) is 5.45. The van der Waals surface area contributed by atoms with E-state index in [0.717, 1.165) is 49.1 Å². The summed E-state index contributed by atoms with van der Waals surface area (Å²) in [7, 11) is 0. The third-order valence-corrected chi connectivity index (χ3v) is 6.57. The van der Waals surface area contributed by atoms with E-state index < -0.39 is 0 Å². The van der Waals surface area contributed by atoms with Crippen LogP contribution in [0.25, 0.3) is 0 Å². The minimum atomic E-state index is -0.0983. The molecule has 1 fully saturated rings. The van der Waals surface area contributed by atoms with Gasteiger partial charge in [0.05, 0.1) is 12.5 Å². The Morgan fingerprint density at radius 2 is 1.75 bits per heavy atom. The van der Waals surface area contributed by atoms with E-state index in [9.17, 15) is 4.79 Å². The second-order valence-corrected chi connectivity index (χ2v) is 9.14. The summed E-state index contributed by atoms with van der Waals surface area (Å²) in [6.45, 7) is 5.06. The fraction of sp³-hybridized carbons (Fsp3) is 0.440. The number of oxime groups is 1. The summed E-state index contributed by atoms with van der Waals surface area (Å²) in [4.78, 5) is 20.1. The van der Waals surface area contributed by atoms with Crippen molar-refractivity contribution in [3.63, 3.8) is 0 Å². The van der Waals surface area contributed by atoms with E-state index in [2.05, 4.69) is 22.2 Å². The number of piperidine rings is 1. The van der Waals surface area contributed by atoms with E-state index in [4.69, 9.17) is 32.8 Å². The molecule has 0 aromatic heterocycles. The summed E-state index contributed by atoms with van der Waals surface area (Å²) in [6, 6.07) is 11.8. The Bertz CT molecular complexity index is 953. The molecule has 1 aliphatic heterocycles. The van der Waals surface area contributed by atoms with Crippen LogP contribution in [0.2, 0.25) is 10.0 Å². The SMILES string of the molecule is CCOC(=O)[C@@H]1CCCN(CCON=C2c3cc(Cl)ccc3CCc3ccc(Cl)cc32)C1. The third-order valence-electron chi connectivity index (χ3n) is 6.10. The Kier molecular flexibility index (Phi) is 7.71. The molecule has 1 heterocycles. The molecule has 4 rings (SSSR count). The normalized spacial score (nSPS) is 18.3. The lowest BCUT2D eigenvalue weighted by Crippen LogP contribution is -2.40. The van der Waals surface area contributed by atoms with Crippen molar-refractivity contribution in [3.05, 3.63) is 68.7 Å². The number of likely N-dealkylation sites (tertiary alicyclic amines) is 1. The Hall–Kier alpha value is -2.08. The lowest BCUT2D eigenvalue weighted by Gasteiger charge is -2.30. The van der Waals surface area contributed by atoms with Gasteiger partial charge in [0.25, 0.3) is 0 Å². The first-order valence-electron chi connectivity index (χ1n) is 11.2. The van der Waals surface area contributed by atoms with Gasteiger partial charge in [0.2, 0.25) is 0 Å². The molecule has 2 aromatic carbocycles. The summed E-state index contributed by atoms with van der Waals surface area (Å²) in [5, 5.41) is 5.89. The number of hydrogen-bond acceptors (Lipinski definition) is 5. The van der Waals surface area contributed by atoms with Crippen molar-refractivity contribution < 1.29 is 14.4 Å². The predicted molar refractivity (Wildman–Crippen MR) is 128 cm³/mol. The van der Waals surface area contributed by atoms with Gasteiger partial charge < -0.3 is 9.57 Å². The van der Waals surface area contributed by atoms with Gasteiger partial charge in [-0.3, -0.25) is 9.69 Å². The number of hydrogen-bond donors (Lipinski definition) is 0. The summed E-state index contributed by atoms with van der Waals surface area (Å²) >= 11 is 12.6. The van der Waals surface area contributed by atoms with Gasteiger partial charge in [0.1, 0.15) is 12.3 Å². The highest BCUT2D eigenvalue weighted by Crippen LogP contribution is 2.29. The van der Waals surface area contributed by atoms with Gasteiger partial charge in [-0.15, -0.1) is 0 Å². The van der Waals surface area contributed by atoms with E-state index in [-0.39, 0.29) is 11.9 Å². The van der Waals surface area contributed by atoms with E-state index in [1.54, 1.807) is 0 Å². The van der Waals surface area contributed by atoms with Crippen LogP contribution >= 0.6 is 23.2 Å². The van der Waals surface area contributed by atoms with Crippen molar-refractivity contribution in [3.8, 4) is 0 Å². The summed E-state index contributed by atoms with van der Waals surface area (Å²) in [5.41, 5.74) is 5.12. The van der Waals surface area contributed by atoms with E-state index in [0.29, 0.717) is 36.3 Å². The highest BCUT2D eigenvalue weighted by Gasteiger charge is 2.27. The Morgan fingerprint density at radius 1 is 1.09 bits per heavy atom. The molecule has 2 aromatic rings. The van der Waals surface area contributed by atoms with Gasteiger partial charge in [-0.2, -0.15) is 0 Å². The summed E-state index contributed by atoms with van der Waals surface area (Å²) < 4.78 is 5.19. The number of ether oxygens (including phenoxy) is 1. The maximum Gasteiger partial charge on any atom is 0.310 e. The number of esters is 1. The molecular formula is C25H28Cl2N2O3. The maximum atomic E-state index is 12.1. The molecule has 170 valence electrons. The highest BCUT2D eigenvalue weighted by molar-refractivity contribution is 6.32. The second-order valence-electron chi connectivity index (χ2n) is 8.27. The lowest BCUT2D eigenvalue weighted by molar-refractivity contribution is -0.150. The number of rotatable bonds is 6. The number of aryl methyl sites for hydroxylation is 2. The van der Waals surface area contributed by atoms with E-state index in [1.807, 2.05) is 31.2 Å². The number of halogens is 2. The van der Waals surface area contributed by atoms with Crippen molar-refractivity contribution in [1.29, 1.82) is 0 Å². The minimum Gasteiger partial charge on any atom is -0.466 e. The van der Waals surface area contributed by atoms with Gasteiger partial charge in [-0.25, -0.2) is 0 Å². The molecule has 0 N–H and O–H groups in total. The zero-order chi connectivity index (χ0) is 22.5. The molecule has 0 spiro atoms. The molecule has 0 radical (unpaired) electrons. The molecule has 1 aliphatic carbocycles. The molecule has 1 atom stereocenters. The zero-order valence-electron chi connectivity index (χ0n) is 18.3. The van der Waals surface area contributed by atoms with Crippen LogP contribution in [-0.2, 0) is 27.2 Å². The summed E-state index contributed by atoms with van der Waals surface area (Å²) in [5.74, 6) is -0.154. The van der Waals surface area contributed by atoms with Crippen molar-refractivity contribution in [2.45, 2.75) is 32.6 Å². The van der Waals surface area contributed by atoms with E-state index >= 15 is 0 Å². The molecule has 0 unspecified atom stereocenters. The van der Waals surface area contributed by atoms with Crippen LogP contribution in [0.3, 0.4) is 0 Å². The number of carbonyl (C=O) groups is 1. The standard InChI is InChI=1S/C25H28Cl2N2O3/c1-2-31-25(30)19-4-3-11-29(16-19)12-13-32-28-24-22-14-20(26)9-7-17(22)5-6-18-8-10-21(27)15-23(18)24/h7-10,14-15,19H,2-6,11-13,16H2,1H3/t19-/m1/s1. The molecule has 0 bridgehead atoms. The van der Waals surface area contributed by atoms with Crippen molar-refractivity contribution in [1.82, 2.24) is 4.90 Å². The van der Waals surface area contributed by atoms with Crippen LogP contribution in [0, 0.1) is 5.92 Å². The first kappa shape index (κ1) is 23.1. The molecule has 0 saturated carbocycles. The minimum absolute atomic E-state index is 0.0556. The molecule has 1 saturated heterocycles.